The van der Waals surface area contributed by atoms with Crippen LogP contribution < -0.4 is 15.4 Å². The monoisotopic (exact) mass is 608 g/mol. The third-order valence-electron chi connectivity index (χ3n) is 6.79. The van der Waals surface area contributed by atoms with Gasteiger partial charge < -0.3 is 15.7 Å². The van der Waals surface area contributed by atoms with E-state index in [2.05, 4.69) is 44.6 Å². The van der Waals surface area contributed by atoms with Crippen molar-refractivity contribution in [2.45, 2.75) is 50.7 Å². The van der Waals surface area contributed by atoms with Crippen LogP contribution in [0.15, 0.2) is 67.0 Å². The van der Waals surface area contributed by atoms with Gasteiger partial charge in [0.2, 0.25) is 10.0 Å². The van der Waals surface area contributed by atoms with Crippen molar-refractivity contribution in [1.29, 1.82) is 0 Å². The summed E-state index contributed by atoms with van der Waals surface area (Å²) in [6, 6.07) is 17.7. The zero-order valence-electron chi connectivity index (χ0n) is 22.5. The first-order valence-corrected chi connectivity index (χ1v) is 15.0. The molecule has 40 heavy (non-hydrogen) atoms. The average Bonchev–Trinajstić information content (AvgIpc) is 2.91. The Hall–Kier alpha value is -2.69. The molecule has 3 aromatic rings. The zero-order valence-corrected chi connectivity index (χ0v) is 25.0. The normalized spacial score (nSPS) is 14.3. The van der Waals surface area contributed by atoms with Crippen molar-refractivity contribution in [2.75, 3.05) is 24.7 Å². The number of aliphatic hydroxyl groups excluding tert-OH is 1. The summed E-state index contributed by atoms with van der Waals surface area (Å²) < 4.78 is 25.4. The topological polar surface area (TPSA) is 120 Å². The molecule has 1 heterocycles. The van der Waals surface area contributed by atoms with Gasteiger partial charge in [-0.2, -0.15) is 0 Å². The maximum atomic E-state index is 12.7. The number of aromatic nitrogens is 1. The molecule has 0 aliphatic heterocycles. The largest absolute Gasteiger partial charge is 0.387 e. The average molecular weight is 610 g/mol. The number of aliphatic hydroxyl groups is 1. The number of nitrogens with zero attached hydrogens (tertiary/aromatic N) is 1. The molecule has 2 aromatic carbocycles. The van der Waals surface area contributed by atoms with Crippen molar-refractivity contribution in [3.63, 3.8) is 0 Å². The molecule has 218 valence electrons. The van der Waals surface area contributed by atoms with E-state index >= 15 is 0 Å². The van der Waals surface area contributed by atoms with Crippen molar-refractivity contribution in [2.24, 2.45) is 0 Å². The van der Waals surface area contributed by atoms with Gasteiger partial charge in [0, 0.05) is 36.2 Å². The summed E-state index contributed by atoms with van der Waals surface area (Å²) >= 11 is 0. The smallest absolute Gasteiger partial charge is 0.266 e. The number of pyridine rings is 1. The molecule has 1 fully saturated rings. The van der Waals surface area contributed by atoms with Crippen LogP contribution >= 0.6 is 24.8 Å². The highest BCUT2D eigenvalue weighted by Gasteiger charge is 2.20. The van der Waals surface area contributed by atoms with E-state index in [4.69, 9.17) is 0 Å². The predicted octanol–water partition coefficient (Wildman–Crippen LogP) is 4.89. The molecule has 0 radical (unpaired) electrons. The third-order valence-corrected chi connectivity index (χ3v) is 7.35. The second kappa shape index (κ2) is 15.9. The van der Waals surface area contributed by atoms with Crippen molar-refractivity contribution in [1.82, 2.24) is 15.0 Å². The van der Waals surface area contributed by atoms with Crippen molar-refractivity contribution in [3.05, 3.63) is 83.7 Å². The van der Waals surface area contributed by atoms with Crippen molar-refractivity contribution in [3.8, 4) is 11.1 Å². The van der Waals surface area contributed by atoms with E-state index < -0.39 is 22.0 Å². The Kier molecular flexibility index (Phi) is 13.3. The van der Waals surface area contributed by atoms with Gasteiger partial charge in [-0.25, -0.2) is 13.1 Å². The van der Waals surface area contributed by atoms with Gasteiger partial charge >= 0.3 is 0 Å². The van der Waals surface area contributed by atoms with Gasteiger partial charge in [-0.05, 0) is 60.7 Å². The van der Waals surface area contributed by atoms with E-state index in [1.54, 1.807) is 18.5 Å². The maximum Gasteiger partial charge on any atom is 0.266 e. The van der Waals surface area contributed by atoms with Crippen molar-refractivity contribution >= 4 is 46.4 Å². The summed E-state index contributed by atoms with van der Waals surface area (Å²) in [6.07, 6.45) is 10.1. The van der Waals surface area contributed by atoms with Gasteiger partial charge in [0.15, 0.2) is 0 Å². The first-order chi connectivity index (χ1) is 18.3. The molecule has 0 unspecified atom stereocenters. The predicted molar refractivity (Wildman–Crippen MR) is 165 cm³/mol. The zero-order chi connectivity index (χ0) is 27.0. The summed E-state index contributed by atoms with van der Waals surface area (Å²) in [4.78, 5) is 16.7. The lowest BCUT2D eigenvalue weighted by molar-refractivity contribution is 0.0982. The SMILES string of the molecule is CS(=O)(=O)NC(=O)c1ccc(-c2ccc(CCNC[C@H](O)c3cccnc3)cc2)cc1NC1CCCCC1.Cl.Cl. The number of hydrogen-bond donors (Lipinski definition) is 4. The van der Waals surface area contributed by atoms with E-state index in [0.29, 0.717) is 17.8 Å². The van der Waals surface area contributed by atoms with Gasteiger partial charge in [-0.1, -0.05) is 55.7 Å². The fourth-order valence-corrected chi connectivity index (χ4v) is 5.20. The minimum absolute atomic E-state index is 0. The number of hydrogen-bond acceptors (Lipinski definition) is 7. The number of nitrogens with one attached hydrogen (secondary N) is 3. The minimum Gasteiger partial charge on any atom is -0.387 e. The number of anilines is 1. The summed E-state index contributed by atoms with van der Waals surface area (Å²) in [5, 5.41) is 17.0. The molecule has 4 N–H and O–H groups in total. The lowest BCUT2D eigenvalue weighted by atomic mass is 9.94. The standard InChI is InChI=1S/C29H36N4O4S.2ClH/c1-38(36,37)33-29(35)26-14-13-23(18-27(26)32-25-7-3-2-4-8-25)22-11-9-21(10-12-22)15-17-31-20-28(34)24-6-5-16-30-19-24;;/h5-6,9-14,16,18-19,25,28,31-32,34H,2-4,7-8,15,17,20H2,1H3,(H,33,35);2*1H/t28-;;/m0../s1. The molecule has 0 spiro atoms. The quantitative estimate of drug-likeness (QED) is 0.229. The Balaban J connectivity index is 0.00000280. The van der Waals surface area contributed by atoms with Gasteiger partial charge in [-0.3, -0.25) is 9.78 Å². The fraction of sp³-hybridized carbons (Fsp3) is 0.379. The van der Waals surface area contributed by atoms with Gasteiger partial charge in [0.25, 0.3) is 5.91 Å². The van der Waals surface area contributed by atoms with Crippen LogP contribution in [-0.4, -0.2) is 49.8 Å². The summed E-state index contributed by atoms with van der Waals surface area (Å²) in [7, 11) is -3.67. The van der Waals surface area contributed by atoms with E-state index in [1.165, 1.54) is 12.0 Å². The Morgan fingerprint density at radius 3 is 2.38 bits per heavy atom. The fourth-order valence-electron chi connectivity index (χ4n) is 4.76. The van der Waals surface area contributed by atoms with Crippen LogP contribution in [0.4, 0.5) is 5.69 Å². The minimum atomic E-state index is -3.67. The number of carbonyl (C=O) groups excluding carboxylic acids is 1. The highest BCUT2D eigenvalue weighted by Crippen LogP contribution is 2.29. The Morgan fingerprint density at radius 1 is 1.02 bits per heavy atom. The molecule has 4 rings (SSSR count). The number of sulfonamides is 1. The Bertz CT molecular complexity index is 1320. The molecule has 1 aliphatic carbocycles. The maximum absolute atomic E-state index is 12.7. The Morgan fingerprint density at radius 2 is 1.73 bits per heavy atom. The van der Waals surface area contributed by atoms with Crippen LogP contribution in [0.3, 0.4) is 0 Å². The number of benzene rings is 2. The molecule has 0 bridgehead atoms. The molecule has 1 atom stereocenters. The molecule has 1 aliphatic rings. The van der Waals surface area contributed by atoms with Crippen molar-refractivity contribution < 1.29 is 18.3 Å². The van der Waals surface area contributed by atoms with E-state index in [9.17, 15) is 18.3 Å². The van der Waals surface area contributed by atoms with Crippen LogP contribution in [0.5, 0.6) is 0 Å². The van der Waals surface area contributed by atoms with Gasteiger partial charge in [0.1, 0.15) is 0 Å². The molecule has 1 aromatic heterocycles. The van der Waals surface area contributed by atoms with Crippen LogP contribution in [0, 0.1) is 0 Å². The summed E-state index contributed by atoms with van der Waals surface area (Å²) in [5.41, 5.74) is 4.89. The number of carbonyl (C=O) groups is 1. The molecular formula is C29H38Cl2N4O4S. The second-order valence-electron chi connectivity index (χ2n) is 9.90. The highest BCUT2D eigenvalue weighted by molar-refractivity contribution is 7.89. The first-order valence-electron chi connectivity index (χ1n) is 13.1. The van der Waals surface area contributed by atoms with E-state index in [-0.39, 0.29) is 30.9 Å². The Labute approximate surface area is 249 Å². The lowest BCUT2D eigenvalue weighted by Gasteiger charge is -2.25. The number of amides is 1. The van der Waals surface area contributed by atoms with Gasteiger partial charge in [0.05, 0.1) is 17.9 Å². The van der Waals surface area contributed by atoms with E-state index in [1.807, 2.05) is 24.3 Å². The molecule has 11 heteroatoms. The van der Waals surface area contributed by atoms with Crippen LogP contribution in [0.1, 0.15) is 59.7 Å². The van der Waals surface area contributed by atoms with Gasteiger partial charge in [-0.15, -0.1) is 24.8 Å². The molecule has 8 nitrogen and oxygen atoms in total. The molecular weight excluding hydrogens is 571 g/mol. The molecule has 0 saturated heterocycles. The van der Waals surface area contributed by atoms with Crippen LogP contribution in [-0.2, 0) is 16.4 Å². The second-order valence-corrected chi connectivity index (χ2v) is 11.6. The molecule has 1 amide bonds. The number of rotatable bonds is 11. The van der Waals surface area contributed by atoms with Crippen LogP contribution in [0.25, 0.3) is 11.1 Å². The highest BCUT2D eigenvalue weighted by atomic mass is 35.5. The summed E-state index contributed by atoms with van der Waals surface area (Å²) in [5.74, 6) is -0.631. The number of halogens is 2. The van der Waals surface area contributed by atoms with E-state index in [0.717, 1.165) is 61.6 Å². The lowest BCUT2D eigenvalue weighted by Crippen LogP contribution is -2.31. The van der Waals surface area contributed by atoms with Crippen LogP contribution in [0.2, 0.25) is 0 Å². The first kappa shape index (κ1) is 33.5. The third kappa shape index (κ3) is 10.1. The molecule has 1 saturated carbocycles. The summed E-state index contributed by atoms with van der Waals surface area (Å²) in [6.45, 7) is 1.19.